The molecule has 1 N–H and O–H groups in total. The van der Waals surface area contributed by atoms with Crippen molar-refractivity contribution in [2.75, 3.05) is 12.4 Å². The van der Waals surface area contributed by atoms with Gasteiger partial charge in [0.1, 0.15) is 16.7 Å². The topological polar surface area (TPSA) is 136 Å². The van der Waals surface area contributed by atoms with E-state index in [0.29, 0.717) is 12.0 Å². The van der Waals surface area contributed by atoms with Crippen LogP contribution in [0.5, 0.6) is 0 Å². The van der Waals surface area contributed by atoms with Gasteiger partial charge < -0.3 is 9.64 Å². The Bertz CT molecular complexity index is 1190. The fourth-order valence-electron chi connectivity index (χ4n) is 4.06. The van der Waals surface area contributed by atoms with Crippen LogP contribution in [0.15, 0.2) is 48.5 Å². The lowest BCUT2D eigenvalue weighted by Gasteiger charge is -2.33. The first kappa shape index (κ1) is 23.4. The van der Waals surface area contributed by atoms with Crippen LogP contribution in [0.25, 0.3) is 0 Å². The fraction of sp³-hybridized carbons (Fsp3) is 0.273. The smallest absolute Gasteiger partial charge is 0.330 e. The average molecular weight is 487 g/mol. The monoisotopic (exact) mass is 487 g/mol. The minimum atomic E-state index is -0.940. The van der Waals surface area contributed by atoms with Crippen molar-refractivity contribution < 1.29 is 33.2 Å². The van der Waals surface area contributed by atoms with Gasteiger partial charge in [0.2, 0.25) is 5.91 Å². The molecule has 0 bridgehead atoms. The van der Waals surface area contributed by atoms with Gasteiger partial charge in [-0.3, -0.25) is 29.8 Å². The van der Waals surface area contributed by atoms with E-state index in [9.17, 15) is 33.7 Å². The van der Waals surface area contributed by atoms with Gasteiger partial charge in [0.15, 0.2) is 6.61 Å². The number of esters is 1. The summed E-state index contributed by atoms with van der Waals surface area (Å²) in [7, 11) is 0. The largest absolute Gasteiger partial charge is 0.454 e. The number of nitrogens with one attached hydrogen (secondary N) is 1. The maximum absolute atomic E-state index is 13.4. The summed E-state index contributed by atoms with van der Waals surface area (Å²) in [6.45, 7) is -0.772. The van der Waals surface area contributed by atoms with Crippen LogP contribution in [0.4, 0.5) is 10.1 Å². The number of hydrogen-bond acceptors (Lipinski definition) is 8. The molecular formula is C22H18FN3O7S. The second-order valence-corrected chi connectivity index (χ2v) is 8.97. The Labute approximate surface area is 196 Å². The molecule has 2 aliphatic heterocycles. The standard InChI is InChI=1S/C22H18FN3O7S/c23-15-6-4-14(5-7-15)22-9-8-19(28)25(22)17(12-34-22)21(30)33-11-18(27)24-20(29)13-2-1-3-16(10-13)26(31)32/h1-7,10,17H,8-9,11-12H2,(H,24,27,29). The van der Waals surface area contributed by atoms with E-state index in [0.717, 1.165) is 6.07 Å². The van der Waals surface area contributed by atoms with Gasteiger partial charge in [0, 0.05) is 29.9 Å². The number of benzene rings is 2. The number of imide groups is 1. The van der Waals surface area contributed by atoms with E-state index in [1.807, 2.05) is 5.32 Å². The molecule has 0 aliphatic carbocycles. The molecule has 0 radical (unpaired) electrons. The van der Waals surface area contributed by atoms with Crippen LogP contribution in [0, 0.1) is 15.9 Å². The van der Waals surface area contributed by atoms with Crippen LogP contribution in [0.2, 0.25) is 0 Å². The van der Waals surface area contributed by atoms with Crippen LogP contribution >= 0.6 is 11.8 Å². The normalized spacial score (nSPS) is 21.1. The van der Waals surface area contributed by atoms with Gasteiger partial charge in [0.05, 0.1) is 4.92 Å². The number of carbonyl (C=O) groups excluding carboxylic acids is 4. The molecule has 2 unspecified atom stereocenters. The number of nitrogens with zero attached hydrogens (tertiary/aromatic N) is 2. The van der Waals surface area contributed by atoms with Gasteiger partial charge in [-0.05, 0) is 30.2 Å². The van der Waals surface area contributed by atoms with E-state index >= 15 is 0 Å². The molecule has 10 nitrogen and oxygen atoms in total. The van der Waals surface area contributed by atoms with E-state index in [2.05, 4.69) is 0 Å². The highest BCUT2D eigenvalue weighted by molar-refractivity contribution is 8.00. The molecule has 2 aromatic carbocycles. The van der Waals surface area contributed by atoms with Crippen molar-refractivity contribution >= 4 is 41.1 Å². The third-order valence-electron chi connectivity index (χ3n) is 5.61. The highest BCUT2D eigenvalue weighted by Gasteiger charge is 2.57. The minimum Gasteiger partial charge on any atom is -0.454 e. The van der Waals surface area contributed by atoms with Crippen LogP contribution in [-0.2, 0) is 24.0 Å². The SMILES string of the molecule is O=C(COC(=O)C1CSC2(c3ccc(F)cc3)CCC(=O)N12)NC(=O)c1cccc([N+](=O)[O-])c1. The lowest BCUT2D eigenvalue weighted by atomic mass is 10.0. The van der Waals surface area contributed by atoms with E-state index in [1.54, 1.807) is 12.1 Å². The van der Waals surface area contributed by atoms with Gasteiger partial charge in [-0.2, -0.15) is 0 Å². The Balaban J connectivity index is 1.38. The molecule has 2 aromatic rings. The summed E-state index contributed by atoms with van der Waals surface area (Å²) in [4.78, 5) is 60.4. The maximum Gasteiger partial charge on any atom is 0.330 e. The second-order valence-electron chi connectivity index (χ2n) is 7.67. The van der Waals surface area contributed by atoms with E-state index in [-0.39, 0.29) is 29.3 Å². The number of hydrogen-bond donors (Lipinski definition) is 1. The Morgan fingerprint density at radius 1 is 1.24 bits per heavy atom. The molecule has 3 amide bonds. The number of thioether (sulfide) groups is 1. The molecule has 0 aromatic heterocycles. The number of nitro groups is 1. The first-order valence-corrected chi connectivity index (χ1v) is 11.2. The summed E-state index contributed by atoms with van der Waals surface area (Å²) in [6.07, 6.45) is 0.663. The Morgan fingerprint density at radius 3 is 2.68 bits per heavy atom. The number of halogens is 1. The summed E-state index contributed by atoms with van der Waals surface area (Å²) < 4.78 is 18.4. The zero-order valence-corrected chi connectivity index (χ0v) is 18.4. The van der Waals surface area contributed by atoms with Crippen molar-refractivity contribution in [2.24, 2.45) is 0 Å². The summed E-state index contributed by atoms with van der Waals surface area (Å²) in [5, 5.41) is 12.8. The third-order valence-corrected chi connectivity index (χ3v) is 7.21. The Kier molecular flexibility index (Phi) is 6.33. The fourth-order valence-corrected chi connectivity index (χ4v) is 5.69. The highest BCUT2D eigenvalue weighted by Crippen LogP contribution is 2.54. The van der Waals surface area contributed by atoms with Crippen LogP contribution in [0.3, 0.4) is 0 Å². The third kappa shape index (κ3) is 4.36. The van der Waals surface area contributed by atoms with Crippen molar-refractivity contribution in [3.8, 4) is 0 Å². The molecule has 4 rings (SSSR count). The number of rotatable bonds is 6. The summed E-state index contributed by atoms with van der Waals surface area (Å²) in [6, 6.07) is 9.61. The number of fused-ring (bicyclic) bond motifs is 1. The zero-order valence-electron chi connectivity index (χ0n) is 17.6. The highest BCUT2D eigenvalue weighted by atomic mass is 32.2. The first-order chi connectivity index (χ1) is 16.2. The number of carbonyl (C=O) groups is 4. The average Bonchev–Trinajstić information content (AvgIpc) is 3.37. The lowest BCUT2D eigenvalue weighted by molar-refractivity contribution is -0.384. The summed E-state index contributed by atoms with van der Waals surface area (Å²) in [5.41, 5.74) is 0.276. The molecule has 2 saturated heterocycles. The number of nitro benzene ring substituents is 1. The molecule has 2 fully saturated rings. The van der Waals surface area contributed by atoms with E-state index in [4.69, 9.17) is 4.74 Å². The Morgan fingerprint density at radius 2 is 1.97 bits per heavy atom. The number of non-ortho nitro benzene ring substituents is 1. The molecule has 0 spiro atoms. The molecule has 12 heteroatoms. The molecule has 34 heavy (non-hydrogen) atoms. The summed E-state index contributed by atoms with van der Waals surface area (Å²) >= 11 is 1.38. The molecular weight excluding hydrogens is 469 g/mol. The van der Waals surface area contributed by atoms with Crippen molar-refractivity contribution in [3.05, 3.63) is 75.6 Å². The van der Waals surface area contributed by atoms with Crippen LogP contribution in [0.1, 0.15) is 28.8 Å². The predicted octanol–water partition coefficient (Wildman–Crippen LogP) is 2.12. The molecule has 2 atom stereocenters. The Hall–Kier alpha value is -3.80. The maximum atomic E-state index is 13.4. The molecule has 2 aliphatic rings. The van der Waals surface area contributed by atoms with Gasteiger partial charge in [0.25, 0.3) is 17.5 Å². The van der Waals surface area contributed by atoms with Crippen molar-refractivity contribution in [1.82, 2.24) is 10.2 Å². The zero-order chi connectivity index (χ0) is 24.5. The van der Waals surface area contributed by atoms with Gasteiger partial charge in [-0.25, -0.2) is 9.18 Å². The lowest BCUT2D eigenvalue weighted by Crippen LogP contribution is -2.47. The van der Waals surface area contributed by atoms with E-state index < -0.39 is 46.0 Å². The van der Waals surface area contributed by atoms with Crippen molar-refractivity contribution in [2.45, 2.75) is 23.8 Å². The molecule has 0 saturated carbocycles. The van der Waals surface area contributed by atoms with Crippen molar-refractivity contribution in [3.63, 3.8) is 0 Å². The van der Waals surface area contributed by atoms with Gasteiger partial charge >= 0.3 is 5.97 Å². The second kappa shape index (κ2) is 9.21. The molecule has 176 valence electrons. The minimum absolute atomic E-state index is 0.104. The number of ether oxygens (including phenoxy) is 1. The van der Waals surface area contributed by atoms with Crippen LogP contribution in [-0.4, -0.2) is 51.9 Å². The van der Waals surface area contributed by atoms with E-state index in [1.165, 1.54) is 47.0 Å². The molecule has 2 heterocycles. The number of amides is 3. The van der Waals surface area contributed by atoms with Gasteiger partial charge in [-0.1, -0.05) is 18.2 Å². The van der Waals surface area contributed by atoms with Crippen LogP contribution < -0.4 is 5.32 Å². The summed E-state index contributed by atoms with van der Waals surface area (Å²) in [5.74, 6) is -3.04. The quantitative estimate of drug-likeness (QED) is 0.372. The predicted molar refractivity (Wildman–Crippen MR) is 117 cm³/mol. The van der Waals surface area contributed by atoms with Gasteiger partial charge in [-0.15, -0.1) is 11.8 Å². The van der Waals surface area contributed by atoms with Crippen molar-refractivity contribution in [1.29, 1.82) is 0 Å². The first-order valence-electron chi connectivity index (χ1n) is 10.2.